The lowest BCUT2D eigenvalue weighted by atomic mass is 9.74. The molecule has 0 unspecified atom stereocenters. The van der Waals surface area contributed by atoms with E-state index in [1.165, 1.54) is 0 Å². The van der Waals surface area contributed by atoms with Gasteiger partial charge in [0, 0.05) is 19.5 Å². The van der Waals surface area contributed by atoms with Crippen LogP contribution in [0.5, 0.6) is 0 Å². The first-order chi connectivity index (χ1) is 9.59. The number of piperidine rings is 1. The summed E-state index contributed by atoms with van der Waals surface area (Å²) in [7, 11) is 0. The molecule has 5 nitrogen and oxygen atoms in total. The van der Waals surface area contributed by atoms with Crippen LogP contribution in [0.1, 0.15) is 60.3 Å². The van der Waals surface area contributed by atoms with E-state index in [9.17, 15) is 9.59 Å². The fourth-order valence-corrected chi connectivity index (χ4v) is 3.28. The van der Waals surface area contributed by atoms with Crippen LogP contribution in [0.15, 0.2) is 0 Å². The highest BCUT2D eigenvalue weighted by atomic mass is 16.6. The van der Waals surface area contributed by atoms with Crippen molar-refractivity contribution in [2.45, 2.75) is 71.5 Å². The van der Waals surface area contributed by atoms with Crippen LogP contribution >= 0.6 is 0 Å². The molecule has 0 bridgehead atoms. The normalized spacial score (nSPS) is 33.2. The number of hydrogen-bond donors (Lipinski definition) is 0. The number of likely N-dealkylation sites (tertiary alicyclic amines) is 1. The molecule has 0 aromatic rings. The Bertz CT molecular complexity index is 442. The van der Waals surface area contributed by atoms with Gasteiger partial charge in [0.15, 0.2) is 0 Å². The molecule has 2 aliphatic rings. The van der Waals surface area contributed by atoms with E-state index >= 15 is 0 Å². The molecule has 1 spiro atoms. The number of rotatable bonds is 1. The molecule has 0 radical (unpaired) electrons. The molecule has 2 heterocycles. The summed E-state index contributed by atoms with van der Waals surface area (Å²) in [4.78, 5) is 26.3. The first-order valence-electron chi connectivity index (χ1n) is 7.81. The number of carbonyl (C=O) groups excluding carboxylic acids is 2. The number of cyclic esters (lactones) is 1. The first kappa shape index (κ1) is 16.1. The van der Waals surface area contributed by atoms with Crippen molar-refractivity contribution in [1.82, 2.24) is 4.90 Å². The van der Waals surface area contributed by atoms with Crippen molar-refractivity contribution in [3.63, 3.8) is 0 Å². The number of ether oxygens (including phenoxy) is 2. The van der Waals surface area contributed by atoms with Crippen molar-refractivity contribution in [3.8, 4) is 0 Å². The highest BCUT2D eigenvalue weighted by molar-refractivity contribution is 5.81. The van der Waals surface area contributed by atoms with Gasteiger partial charge in [0.25, 0.3) is 0 Å². The minimum atomic E-state index is -0.542. The first-order valence-corrected chi connectivity index (χ1v) is 7.81. The predicted molar refractivity (Wildman–Crippen MR) is 78.9 cm³/mol. The standard InChI is InChI=1S/C16H27NO4/c1-6-15(5)10-16(12(18)20-15)8-7-9-17(11-16)13(19)21-14(2,3)4/h6-11H2,1-5H3/t15-,16+/m1/s1. The van der Waals surface area contributed by atoms with Gasteiger partial charge >= 0.3 is 12.1 Å². The van der Waals surface area contributed by atoms with Gasteiger partial charge < -0.3 is 14.4 Å². The zero-order chi connectivity index (χ0) is 15.9. The molecular formula is C16H27NO4. The molecule has 21 heavy (non-hydrogen) atoms. The topological polar surface area (TPSA) is 55.8 Å². The highest BCUT2D eigenvalue weighted by Gasteiger charge is 2.56. The number of hydrogen-bond acceptors (Lipinski definition) is 4. The van der Waals surface area contributed by atoms with E-state index in [0.29, 0.717) is 19.5 Å². The van der Waals surface area contributed by atoms with Crippen molar-refractivity contribution in [2.24, 2.45) is 5.41 Å². The zero-order valence-corrected chi connectivity index (χ0v) is 13.8. The van der Waals surface area contributed by atoms with Gasteiger partial charge in [-0.15, -0.1) is 0 Å². The Kier molecular flexibility index (Phi) is 3.98. The minimum Gasteiger partial charge on any atom is -0.459 e. The lowest BCUT2D eigenvalue weighted by molar-refractivity contribution is -0.155. The van der Waals surface area contributed by atoms with Gasteiger partial charge in [-0.3, -0.25) is 4.79 Å². The van der Waals surface area contributed by atoms with Gasteiger partial charge in [-0.2, -0.15) is 0 Å². The van der Waals surface area contributed by atoms with Crippen molar-refractivity contribution in [1.29, 1.82) is 0 Å². The molecule has 2 aliphatic heterocycles. The molecule has 0 N–H and O–H groups in total. The second-order valence-corrected chi connectivity index (χ2v) is 7.66. The number of carbonyl (C=O) groups is 2. The van der Waals surface area contributed by atoms with Crippen LogP contribution in [0, 0.1) is 5.41 Å². The molecule has 0 saturated carbocycles. The summed E-state index contributed by atoms with van der Waals surface area (Å²) >= 11 is 0. The van der Waals surface area contributed by atoms with Crippen LogP contribution in [0.25, 0.3) is 0 Å². The Labute approximate surface area is 127 Å². The summed E-state index contributed by atoms with van der Waals surface area (Å²) in [6.45, 7) is 10.6. The van der Waals surface area contributed by atoms with Crippen molar-refractivity contribution in [3.05, 3.63) is 0 Å². The fourth-order valence-electron chi connectivity index (χ4n) is 3.28. The van der Waals surface area contributed by atoms with Gasteiger partial charge in [0.1, 0.15) is 11.2 Å². The van der Waals surface area contributed by atoms with Gasteiger partial charge in [0.2, 0.25) is 0 Å². The van der Waals surface area contributed by atoms with Crippen molar-refractivity contribution in [2.75, 3.05) is 13.1 Å². The third-order valence-corrected chi connectivity index (χ3v) is 4.46. The maximum Gasteiger partial charge on any atom is 0.410 e. The van der Waals surface area contributed by atoms with E-state index in [1.54, 1.807) is 4.90 Å². The average Bonchev–Trinajstić information content (AvgIpc) is 2.59. The van der Waals surface area contributed by atoms with Gasteiger partial charge in [-0.1, -0.05) is 6.92 Å². The molecule has 0 aliphatic carbocycles. The zero-order valence-electron chi connectivity index (χ0n) is 13.8. The maximum atomic E-state index is 12.4. The molecule has 5 heteroatoms. The number of amides is 1. The molecule has 2 atom stereocenters. The van der Waals surface area contributed by atoms with E-state index in [2.05, 4.69) is 0 Å². The molecule has 1 amide bonds. The molecule has 2 saturated heterocycles. The average molecular weight is 297 g/mol. The van der Waals surface area contributed by atoms with Crippen molar-refractivity contribution >= 4 is 12.1 Å². The monoisotopic (exact) mass is 297 g/mol. The molecule has 0 aromatic carbocycles. The SMILES string of the molecule is CC[C@]1(C)C[C@]2(CCCN(C(=O)OC(C)(C)C)C2)C(=O)O1. The third-order valence-electron chi connectivity index (χ3n) is 4.46. The Morgan fingerprint density at radius 1 is 1.43 bits per heavy atom. The van der Waals surface area contributed by atoms with Crippen LogP contribution in [0.4, 0.5) is 4.79 Å². The minimum absolute atomic E-state index is 0.153. The third kappa shape index (κ3) is 3.33. The van der Waals surface area contributed by atoms with E-state index < -0.39 is 16.6 Å². The summed E-state index contributed by atoms with van der Waals surface area (Å²) in [5.74, 6) is -0.153. The van der Waals surface area contributed by atoms with Crippen LogP contribution < -0.4 is 0 Å². The number of nitrogens with zero attached hydrogens (tertiary/aromatic N) is 1. The van der Waals surface area contributed by atoms with Crippen LogP contribution in [-0.2, 0) is 14.3 Å². The molecule has 2 fully saturated rings. The highest BCUT2D eigenvalue weighted by Crippen LogP contribution is 2.47. The summed E-state index contributed by atoms with van der Waals surface area (Å²) in [6.07, 6.45) is 2.76. The lowest BCUT2D eigenvalue weighted by Gasteiger charge is -2.38. The molecule has 120 valence electrons. The summed E-state index contributed by atoms with van der Waals surface area (Å²) < 4.78 is 11.0. The van der Waals surface area contributed by atoms with E-state index in [4.69, 9.17) is 9.47 Å². The van der Waals surface area contributed by atoms with Crippen LogP contribution in [0.3, 0.4) is 0 Å². The predicted octanol–water partition coefficient (Wildman–Crippen LogP) is 3.12. The smallest absolute Gasteiger partial charge is 0.410 e. The Hall–Kier alpha value is -1.26. The Morgan fingerprint density at radius 2 is 2.10 bits per heavy atom. The quantitative estimate of drug-likeness (QED) is 0.698. The largest absolute Gasteiger partial charge is 0.459 e. The number of esters is 1. The van der Waals surface area contributed by atoms with Gasteiger partial charge in [-0.25, -0.2) is 4.79 Å². The van der Waals surface area contributed by atoms with Crippen molar-refractivity contribution < 1.29 is 19.1 Å². The molecule has 0 aromatic heterocycles. The second-order valence-electron chi connectivity index (χ2n) is 7.66. The summed E-state index contributed by atoms with van der Waals surface area (Å²) in [5, 5.41) is 0. The van der Waals surface area contributed by atoms with Gasteiger partial charge in [-0.05, 0) is 47.0 Å². The van der Waals surface area contributed by atoms with E-state index in [1.807, 2.05) is 34.6 Å². The summed E-state index contributed by atoms with van der Waals surface area (Å²) in [5.41, 5.74) is -1.45. The van der Waals surface area contributed by atoms with E-state index in [0.717, 1.165) is 19.3 Å². The maximum absolute atomic E-state index is 12.4. The van der Waals surface area contributed by atoms with Crippen LogP contribution in [-0.4, -0.2) is 41.3 Å². The Balaban J connectivity index is 2.11. The summed E-state index contributed by atoms with van der Waals surface area (Å²) in [6, 6.07) is 0. The van der Waals surface area contributed by atoms with E-state index in [-0.39, 0.29) is 12.1 Å². The second kappa shape index (κ2) is 5.18. The molecule has 2 rings (SSSR count). The fraction of sp³-hybridized carbons (Fsp3) is 0.875. The lowest BCUT2D eigenvalue weighted by Crippen LogP contribution is -2.49. The van der Waals surface area contributed by atoms with Gasteiger partial charge in [0.05, 0.1) is 5.41 Å². The molecular weight excluding hydrogens is 270 g/mol. The van der Waals surface area contributed by atoms with Crippen LogP contribution in [0.2, 0.25) is 0 Å². The Morgan fingerprint density at radius 3 is 2.62 bits per heavy atom.